The molecule has 100 valence electrons. The van der Waals surface area contributed by atoms with E-state index in [-0.39, 0.29) is 0 Å². The van der Waals surface area contributed by atoms with Crippen LogP contribution in [0.1, 0.15) is 43.8 Å². The molecule has 2 aliphatic heterocycles. The van der Waals surface area contributed by atoms with Crippen LogP contribution in [0.25, 0.3) is 0 Å². The Morgan fingerprint density at radius 1 is 1.33 bits per heavy atom. The minimum Gasteiger partial charge on any atom is -0.330 e. The molecule has 0 saturated carbocycles. The molecular formula is C14H24N4. The zero-order valence-corrected chi connectivity index (χ0v) is 11.3. The summed E-state index contributed by atoms with van der Waals surface area (Å²) in [7, 11) is 0. The Morgan fingerprint density at radius 3 is 2.78 bits per heavy atom. The Morgan fingerprint density at radius 2 is 2.11 bits per heavy atom. The first kappa shape index (κ1) is 12.2. The molecule has 1 aromatic heterocycles. The molecule has 3 rings (SSSR count). The van der Waals surface area contributed by atoms with Gasteiger partial charge in [-0.3, -0.25) is 0 Å². The van der Waals surface area contributed by atoms with E-state index in [1.54, 1.807) is 0 Å². The maximum absolute atomic E-state index is 4.36. The van der Waals surface area contributed by atoms with Crippen molar-refractivity contribution in [2.45, 2.75) is 38.1 Å². The second kappa shape index (κ2) is 5.41. The molecule has 0 aromatic carbocycles. The van der Waals surface area contributed by atoms with Crippen LogP contribution in [0, 0.1) is 0 Å². The zero-order chi connectivity index (χ0) is 12.4. The van der Waals surface area contributed by atoms with E-state index in [4.69, 9.17) is 0 Å². The molecular weight excluding hydrogens is 224 g/mol. The number of hydrogen-bond acceptors (Lipinski definition) is 3. The third kappa shape index (κ3) is 2.45. The van der Waals surface area contributed by atoms with Crippen molar-refractivity contribution in [1.82, 2.24) is 19.8 Å². The average molecular weight is 248 g/mol. The van der Waals surface area contributed by atoms with Gasteiger partial charge in [0, 0.05) is 43.5 Å². The third-order valence-electron chi connectivity index (χ3n) is 4.34. The second-order valence-corrected chi connectivity index (χ2v) is 5.79. The standard InChI is InChI=1S/C14H24N4/c1-12(10-17-5-3-2-4-6-17)18-11-16-9-14(18)13-7-15-8-13/h9,11-13,15H,2-8,10H2,1H3. The predicted octanol–water partition coefficient (Wildman–Crippen LogP) is 1.62. The Kier molecular flexibility index (Phi) is 3.66. The quantitative estimate of drug-likeness (QED) is 0.879. The Hall–Kier alpha value is -0.870. The molecule has 2 fully saturated rings. The van der Waals surface area contributed by atoms with E-state index in [0.29, 0.717) is 12.0 Å². The van der Waals surface area contributed by atoms with Gasteiger partial charge in [0.2, 0.25) is 0 Å². The van der Waals surface area contributed by atoms with Crippen LogP contribution >= 0.6 is 0 Å². The number of aromatic nitrogens is 2. The third-order valence-corrected chi connectivity index (χ3v) is 4.34. The van der Waals surface area contributed by atoms with E-state index in [2.05, 4.69) is 32.9 Å². The molecule has 4 heteroatoms. The summed E-state index contributed by atoms with van der Waals surface area (Å²) in [5.74, 6) is 0.677. The van der Waals surface area contributed by atoms with Crippen molar-refractivity contribution in [3.8, 4) is 0 Å². The predicted molar refractivity (Wildman–Crippen MR) is 72.8 cm³/mol. The lowest BCUT2D eigenvalue weighted by Crippen LogP contribution is -2.41. The maximum Gasteiger partial charge on any atom is 0.0951 e. The highest BCUT2D eigenvalue weighted by Crippen LogP contribution is 2.23. The van der Waals surface area contributed by atoms with Gasteiger partial charge in [0.05, 0.1) is 6.33 Å². The van der Waals surface area contributed by atoms with Crippen LogP contribution < -0.4 is 5.32 Å². The molecule has 2 saturated heterocycles. The Balaban J connectivity index is 1.63. The van der Waals surface area contributed by atoms with Gasteiger partial charge in [0.1, 0.15) is 0 Å². The molecule has 18 heavy (non-hydrogen) atoms. The van der Waals surface area contributed by atoms with Crippen LogP contribution in [0.15, 0.2) is 12.5 Å². The summed E-state index contributed by atoms with van der Waals surface area (Å²) < 4.78 is 2.39. The molecule has 0 spiro atoms. The fourth-order valence-corrected chi connectivity index (χ4v) is 3.10. The smallest absolute Gasteiger partial charge is 0.0951 e. The minimum absolute atomic E-state index is 0.543. The summed E-state index contributed by atoms with van der Waals surface area (Å²) in [6.45, 7) is 8.28. The van der Waals surface area contributed by atoms with Crippen LogP contribution in [0.3, 0.4) is 0 Å². The highest BCUT2D eigenvalue weighted by atomic mass is 15.2. The molecule has 3 heterocycles. The van der Waals surface area contributed by atoms with Gasteiger partial charge < -0.3 is 14.8 Å². The van der Waals surface area contributed by atoms with E-state index in [0.717, 1.165) is 13.1 Å². The number of likely N-dealkylation sites (tertiary alicyclic amines) is 1. The molecule has 0 radical (unpaired) electrons. The normalized spacial score (nSPS) is 23.8. The monoisotopic (exact) mass is 248 g/mol. The van der Waals surface area contributed by atoms with E-state index in [9.17, 15) is 0 Å². The number of imidazole rings is 1. The van der Waals surface area contributed by atoms with Gasteiger partial charge in [-0.2, -0.15) is 0 Å². The van der Waals surface area contributed by atoms with Gasteiger partial charge >= 0.3 is 0 Å². The fraction of sp³-hybridized carbons (Fsp3) is 0.786. The second-order valence-electron chi connectivity index (χ2n) is 5.79. The van der Waals surface area contributed by atoms with Crippen molar-refractivity contribution in [2.24, 2.45) is 0 Å². The number of rotatable bonds is 4. The molecule has 0 aliphatic carbocycles. The van der Waals surface area contributed by atoms with Crippen molar-refractivity contribution in [3.05, 3.63) is 18.2 Å². The van der Waals surface area contributed by atoms with E-state index in [1.807, 2.05) is 6.33 Å². The summed E-state index contributed by atoms with van der Waals surface area (Å²) in [6, 6.07) is 0.543. The Bertz CT molecular complexity index is 377. The number of hydrogen-bond donors (Lipinski definition) is 1. The average Bonchev–Trinajstić information content (AvgIpc) is 2.77. The van der Waals surface area contributed by atoms with Crippen LogP contribution in [-0.2, 0) is 0 Å². The molecule has 1 atom stereocenters. The van der Waals surface area contributed by atoms with Crippen molar-refractivity contribution >= 4 is 0 Å². The lowest BCUT2D eigenvalue weighted by molar-refractivity contribution is 0.199. The van der Waals surface area contributed by atoms with Gasteiger partial charge in [-0.25, -0.2) is 4.98 Å². The number of nitrogens with zero attached hydrogens (tertiary/aromatic N) is 3. The molecule has 4 nitrogen and oxygen atoms in total. The van der Waals surface area contributed by atoms with Crippen LogP contribution in [0.5, 0.6) is 0 Å². The summed E-state index contributed by atoms with van der Waals surface area (Å²) in [4.78, 5) is 6.96. The lowest BCUT2D eigenvalue weighted by atomic mass is 9.99. The highest BCUT2D eigenvalue weighted by molar-refractivity contribution is 5.12. The summed E-state index contributed by atoms with van der Waals surface area (Å²) in [5, 5.41) is 3.35. The molecule has 1 unspecified atom stereocenters. The first-order valence-corrected chi connectivity index (χ1v) is 7.29. The van der Waals surface area contributed by atoms with Crippen molar-refractivity contribution < 1.29 is 0 Å². The van der Waals surface area contributed by atoms with Gasteiger partial charge in [-0.05, 0) is 32.9 Å². The van der Waals surface area contributed by atoms with Crippen LogP contribution in [0.2, 0.25) is 0 Å². The van der Waals surface area contributed by atoms with Crippen LogP contribution in [-0.4, -0.2) is 47.2 Å². The molecule has 0 bridgehead atoms. The summed E-state index contributed by atoms with van der Waals surface area (Å²) >= 11 is 0. The summed E-state index contributed by atoms with van der Waals surface area (Å²) in [5.41, 5.74) is 1.42. The SMILES string of the molecule is CC(CN1CCCCC1)n1cncc1C1CNC1. The van der Waals surface area contributed by atoms with E-state index in [1.165, 1.54) is 44.6 Å². The molecule has 0 amide bonds. The van der Waals surface area contributed by atoms with Crippen molar-refractivity contribution in [1.29, 1.82) is 0 Å². The van der Waals surface area contributed by atoms with E-state index >= 15 is 0 Å². The zero-order valence-electron chi connectivity index (χ0n) is 11.3. The first-order valence-electron chi connectivity index (χ1n) is 7.29. The molecule has 1 aromatic rings. The van der Waals surface area contributed by atoms with Crippen molar-refractivity contribution in [3.63, 3.8) is 0 Å². The number of nitrogens with one attached hydrogen (secondary N) is 1. The number of piperidine rings is 1. The maximum atomic E-state index is 4.36. The van der Waals surface area contributed by atoms with Crippen molar-refractivity contribution in [2.75, 3.05) is 32.7 Å². The lowest BCUT2D eigenvalue weighted by Gasteiger charge is -2.33. The Labute approximate surface area is 109 Å². The fourth-order valence-electron chi connectivity index (χ4n) is 3.10. The van der Waals surface area contributed by atoms with Gasteiger partial charge in [-0.15, -0.1) is 0 Å². The topological polar surface area (TPSA) is 33.1 Å². The minimum atomic E-state index is 0.543. The largest absolute Gasteiger partial charge is 0.330 e. The summed E-state index contributed by atoms with van der Waals surface area (Å²) in [6.07, 6.45) is 8.22. The highest BCUT2D eigenvalue weighted by Gasteiger charge is 2.24. The van der Waals surface area contributed by atoms with Gasteiger partial charge in [0.25, 0.3) is 0 Å². The van der Waals surface area contributed by atoms with Gasteiger partial charge in [0.15, 0.2) is 0 Å². The van der Waals surface area contributed by atoms with E-state index < -0.39 is 0 Å². The van der Waals surface area contributed by atoms with Gasteiger partial charge in [-0.1, -0.05) is 6.42 Å². The first-order chi connectivity index (χ1) is 8.84. The molecule has 1 N–H and O–H groups in total. The molecule has 2 aliphatic rings. The van der Waals surface area contributed by atoms with Crippen LogP contribution in [0.4, 0.5) is 0 Å².